The Bertz CT molecular complexity index is 1150. The number of carbonyl (C=O) groups is 4. The highest BCUT2D eigenvalue weighted by molar-refractivity contribution is 5.95. The highest BCUT2D eigenvalue weighted by atomic mass is 16.5. The Balaban J connectivity index is 1.87. The largest absolute Gasteiger partial charge is 0.460 e. The molecule has 2 aliphatic rings. The first-order valence-electron chi connectivity index (χ1n) is 13.7. The van der Waals surface area contributed by atoms with Gasteiger partial charge in [0, 0.05) is 32.0 Å². The highest BCUT2D eigenvalue weighted by Crippen LogP contribution is 2.26. The van der Waals surface area contributed by atoms with Gasteiger partial charge in [0.2, 0.25) is 11.8 Å². The Hall–Kier alpha value is -3.57. The minimum Gasteiger partial charge on any atom is -0.460 e. The second-order valence-electron chi connectivity index (χ2n) is 10.4. The molecule has 40 heavy (non-hydrogen) atoms. The maximum Gasteiger partial charge on any atom is 0.329 e. The maximum absolute atomic E-state index is 13.3. The van der Waals surface area contributed by atoms with Crippen LogP contribution in [0.25, 0.3) is 0 Å². The molecule has 11 nitrogen and oxygen atoms in total. The number of aliphatic hydroxyl groups is 2. The zero-order valence-electron chi connectivity index (χ0n) is 23.2. The standard InChI is InChI=1S/C29H39N3O8/c1-18-6-4-11-30-25(36)9-8-19(2)27(20(3)10-13-33)40-29(38)24-7-5-12-32(24)28(37)23-17-39-26(31-23)16-22(35)15-21(34)14-18/h4,6,8-9,14,17,19-21,24,27,33-34H,5,7,10-13,15-16H2,1-3H3,(H,30,36)/b6-4+,9-8+,18-14+/t19-,20-,21-,24-,27+/m1/s1. The van der Waals surface area contributed by atoms with Gasteiger partial charge in [0.15, 0.2) is 5.69 Å². The lowest BCUT2D eigenvalue weighted by atomic mass is 9.90. The smallest absolute Gasteiger partial charge is 0.329 e. The average molecular weight is 558 g/mol. The summed E-state index contributed by atoms with van der Waals surface area (Å²) in [4.78, 5) is 56.9. The van der Waals surface area contributed by atoms with E-state index in [9.17, 15) is 29.4 Å². The van der Waals surface area contributed by atoms with E-state index in [1.807, 2.05) is 13.8 Å². The minimum absolute atomic E-state index is 0.0187. The molecule has 1 fully saturated rings. The van der Waals surface area contributed by atoms with Crippen LogP contribution < -0.4 is 5.32 Å². The molecular formula is C29H39N3O8. The van der Waals surface area contributed by atoms with E-state index in [4.69, 9.17) is 9.15 Å². The number of aliphatic hydroxyl groups excluding tert-OH is 2. The van der Waals surface area contributed by atoms with Crippen LogP contribution >= 0.6 is 0 Å². The number of fused-ring (bicyclic) bond motifs is 3. The number of amides is 2. The molecule has 1 aromatic rings. The predicted octanol–water partition coefficient (Wildman–Crippen LogP) is 1.90. The van der Waals surface area contributed by atoms with Gasteiger partial charge in [0.25, 0.3) is 5.91 Å². The van der Waals surface area contributed by atoms with E-state index in [0.717, 1.165) is 0 Å². The number of Topliss-reactive ketones (excluding diaryl/α,β-unsaturated/α-hetero) is 1. The third kappa shape index (κ3) is 8.72. The number of ether oxygens (including phenoxy) is 1. The van der Waals surface area contributed by atoms with E-state index in [1.54, 1.807) is 25.2 Å². The molecule has 0 radical (unpaired) electrons. The van der Waals surface area contributed by atoms with Gasteiger partial charge in [-0.3, -0.25) is 14.4 Å². The van der Waals surface area contributed by atoms with Crippen LogP contribution in [0.2, 0.25) is 0 Å². The molecule has 5 atom stereocenters. The van der Waals surface area contributed by atoms with Gasteiger partial charge in [-0.25, -0.2) is 9.78 Å². The second-order valence-corrected chi connectivity index (χ2v) is 10.4. The van der Waals surface area contributed by atoms with Crippen molar-refractivity contribution in [2.75, 3.05) is 19.7 Å². The number of hydrogen-bond donors (Lipinski definition) is 3. The van der Waals surface area contributed by atoms with E-state index < -0.39 is 30.1 Å². The molecular weight excluding hydrogens is 518 g/mol. The van der Waals surface area contributed by atoms with Gasteiger partial charge in [-0.2, -0.15) is 0 Å². The van der Waals surface area contributed by atoms with Crippen LogP contribution in [0.3, 0.4) is 0 Å². The van der Waals surface area contributed by atoms with Crippen LogP contribution in [0.15, 0.2) is 46.6 Å². The van der Waals surface area contributed by atoms with Gasteiger partial charge in [-0.05, 0) is 38.2 Å². The lowest BCUT2D eigenvalue weighted by molar-refractivity contribution is -0.158. The molecule has 3 rings (SSSR count). The van der Waals surface area contributed by atoms with E-state index in [0.29, 0.717) is 31.4 Å². The number of ketones is 1. The summed E-state index contributed by atoms with van der Waals surface area (Å²) in [5.74, 6) is -2.23. The summed E-state index contributed by atoms with van der Waals surface area (Å²) in [6.07, 6.45) is 8.58. The third-order valence-electron chi connectivity index (χ3n) is 7.04. The fourth-order valence-electron chi connectivity index (χ4n) is 4.92. The maximum atomic E-state index is 13.3. The van der Waals surface area contributed by atoms with Crippen molar-refractivity contribution in [1.82, 2.24) is 15.2 Å². The molecule has 1 aromatic heterocycles. The Kier molecular flexibility index (Phi) is 11.4. The van der Waals surface area contributed by atoms with Crippen LogP contribution in [0.1, 0.15) is 62.8 Å². The molecule has 2 amide bonds. The summed E-state index contributed by atoms with van der Waals surface area (Å²) in [5.41, 5.74) is 0.693. The normalized spacial score (nSPS) is 29.5. The molecule has 218 valence electrons. The Morgan fingerprint density at radius 3 is 2.75 bits per heavy atom. The van der Waals surface area contributed by atoms with Crippen molar-refractivity contribution in [3.63, 3.8) is 0 Å². The summed E-state index contributed by atoms with van der Waals surface area (Å²) in [5, 5.41) is 22.5. The molecule has 0 unspecified atom stereocenters. The molecule has 2 bridgehead atoms. The van der Waals surface area contributed by atoms with Gasteiger partial charge < -0.3 is 29.6 Å². The first-order chi connectivity index (χ1) is 19.1. The first kappa shape index (κ1) is 31.0. The fraction of sp³-hybridized carbons (Fsp3) is 0.552. The quantitative estimate of drug-likeness (QED) is 0.472. The number of hydrogen-bond acceptors (Lipinski definition) is 9. The van der Waals surface area contributed by atoms with E-state index in [-0.39, 0.29) is 61.1 Å². The van der Waals surface area contributed by atoms with Crippen molar-refractivity contribution in [3.8, 4) is 0 Å². The zero-order valence-corrected chi connectivity index (χ0v) is 23.2. The van der Waals surface area contributed by atoms with Crippen molar-refractivity contribution in [2.45, 2.75) is 71.1 Å². The van der Waals surface area contributed by atoms with Gasteiger partial charge in [0.05, 0.1) is 12.5 Å². The molecule has 11 heteroatoms. The number of oxazole rings is 1. The van der Waals surface area contributed by atoms with E-state index in [2.05, 4.69) is 10.3 Å². The van der Waals surface area contributed by atoms with Gasteiger partial charge >= 0.3 is 5.97 Å². The highest BCUT2D eigenvalue weighted by Gasteiger charge is 2.39. The summed E-state index contributed by atoms with van der Waals surface area (Å²) in [6, 6.07) is -0.823. The van der Waals surface area contributed by atoms with Gasteiger partial charge in [0.1, 0.15) is 24.2 Å². The SMILES string of the molecule is CC1=C\[C@@H](O)CC(=O)Cc2nc(co2)C(=O)N2CCC[C@@H]2C(=O)O[C@H]([C@H](C)CCO)[C@H](C)/C=C/C(=O)NC\C=C\1. The molecule has 0 saturated carbocycles. The molecule has 3 N–H and O–H groups in total. The Labute approximate surface area is 234 Å². The fourth-order valence-corrected chi connectivity index (χ4v) is 4.92. The predicted molar refractivity (Wildman–Crippen MR) is 145 cm³/mol. The topological polar surface area (TPSA) is 159 Å². The van der Waals surface area contributed by atoms with Crippen molar-refractivity contribution in [3.05, 3.63) is 53.8 Å². The van der Waals surface area contributed by atoms with Crippen molar-refractivity contribution in [2.24, 2.45) is 11.8 Å². The number of allylic oxidation sites excluding steroid dienone is 2. The molecule has 3 heterocycles. The van der Waals surface area contributed by atoms with Crippen LogP contribution in [-0.4, -0.2) is 81.6 Å². The Morgan fingerprint density at radius 2 is 2.00 bits per heavy atom. The number of esters is 1. The van der Waals surface area contributed by atoms with Crippen LogP contribution in [-0.2, 0) is 25.5 Å². The number of nitrogens with one attached hydrogen (secondary N) is 1. The number of aromatic nitrogens is 1. The van der Waals surface area contributed by atoms with Gasteiger partial charge in [-0.15, -0.1) is 0 Å². The molecule has 2 aliphatic heterocycles. The summed E-state index contributed by atoms with van der Waals surface area (Å²) < 4.78 is 11.3. The van der Waals surface area contributed by atoms with E-state index in [1.165, 1.54) is 23.3 Å². The summed E-state index contributed by atoms with van der Waals surface area (Å²) >= 11 is 0. The molecule has 0 aromatic carbocycles. The van der Waals surface area contributed by atoms with Crippen LogP contribution in [0.5, 0.6) is 0 Å². The van der Waals surface area contributed by atoms with Crippen molar-refractivity contribution >= 4 is 23.6 Å². The van der Waals surface area contributed by atoms with Crippen molar-refractivity contribution in [1.29, 1.82) is 0 Å². The molecule has 1 saturated heterocycles. The number of carbonyl (C=O) groups excluding carboxylic acids is 4. The number of cyclic esters (lactones) is 1. The summed E-state index contributed by atoms with van der Waals surface area (Å²) in [7, 11) is 0. The second kappa shape index (κ2) is 14.7. The first-order valence-corrected chi connectivity index (χ1v) is 13.7. The Morgan fingerprint density at radius 1 is 1.23 bits per heavy atom. The number of nitrogens with zero attached hydrogens (tertiary/aromatic N) is 2. The minimum atomic E-state index is -1.02. The van der Waals surface area contributed by atoms with Gasteiger partial charge in [-0.1, -0.05) is 43.7 Å². The van der Waals surface area contributed by atoms with Crippen LogP contribution in [0, 0.1) is 11.8 Å². The van der Waals surface area contributed by atoms with Crippen LogP contribution in [0.4, 0.5) is 0 Å². The zero-order chi connectivity index (χ0) is 29.2. The summed E-state index contributed by atoms with van der Waals surface area (Å²) in [6.45, 7) is 5.94. The average Bonchev–Trinajstić information content (AvgIpc) is 3.57. The third-order valence-corrected chi connectivity index (χ3v) is 7.04. The lowest BCUT2D eigenvalue weighted by Gasteiger charge is -2.30. The monoisotopic (exact) mass is 557 g/mol. The number of rotatable bonds is 3. The molecule has 0 spiro atoms. The lowest BCUT2D eigenvalue weighted by Crippen LogP contribution is -2.44. The van der Waals surface area contributed by atoms with E-state index >= 15 is 0 Å². The van der Waals surface area contributed by atoms with Crippen molar-refractivity contribution < 1.29 is 38.5 Å². The molecule has 0 aliphatic carbocycles.